The molecule has 1 atom stereocenters. The van der Waals surface area contributed by atoms with E-state index in [2.05, 4.69) is 38.1 Å². The Morgan fingerprint density at radius 3 is 2.29 bits per heavy atom. The number of hydrogen-bond acceptors (Lipinski definition) is 0. The number of aryl methyl sites for hydroxylation is 1. The fourth-order valence-corrected chi connectivity index (χ4v) is 4.21. The molecule has 0 fully saturated rings. The third-order valence-electron chi connectivity index (χ3n) is 6.17. The van der Waals surface area contributed by atoms with E-state index in [1.165, 1.54) is 19.4 Å². The van der Waals surface area contributed by atoms with Crippen LogP contribution in [-0.2, 0) is 5.41 Å². The van der Waals surface area contributed by atoms with Crippen molar-refractivity contribution in [3.05, 3.63) is 64.7 Å². The van der Waals surface area contributed by atoms with Gasteiger partial charge in [-0.05, 0) is 73.6 Å². The number of unbranched alkanes of at least 4 members (excludes halogenated alkanes) is 1. The summed E-state index contributed by atoms with van der Waals surface area (Å²) in [6.07, 6.45) is 1.09. The summed E-state index contributed by atoms with van der Waals surface area (Å²) in [6, 6.07) is 11.7. The molecule has 0 bridgehead atoms. The fraction of sp³-hybridized carbons (Fsp3) is 0.440. The van der Waals surface area contributed by atoms with Crippen molar-refractivity contribution in [1.82, 2.24) is 0 Å². The van der Waals surface area contributed by atoms with Crippen molar-refractivity contribution >= 4 is 5.57 Å². The lowest BCUT2D eigenvalue weighted by Crippen LogP contribution is -2.36. The highest BCUT2D eigenvalue weighted by atomic mass is 19.4. The van der Waals surface area contributed by atoms with Gasteiger partial charge in [0, 0.05) is 5.92 Å². The molecule has 0 saturated carbocycles. The molecule has 2 aromatic carbocycles. The van der Waals surface area contributed by atoms with Gasteiger partial charge < -0.3 is 0 Å². The van der Waals surface area contributed by atoms with Gasteiger partial charge in [0.2, 0.25) is 0 Å². The summed E-state index contributed by atoms with van der Waals surface area (Å²) in [5.41, 5.74) is 5.17. The zero-order chi connectivity index (χ0) is 20.7. The van der Waals surface area contributed by atoms with Crippen molar-refractivity contribution in [1.29, 1.82) is 0 Å². The summed E-state index contributed by atoms with van der Waals surface area (Å²) in [5, 5.41) is 0. The quantitative estimate of drug-likeness (QED) is 0.497. The zero-order valence-electron chi connectivity index (χ0n) is 17.4. The first-order chi connectivity index (χ1) is 13.1. The SMILES string of the molecule is C/C=C1\c2ccc(C)cc2-c2cc(C(C)(C)C(F)(F)F)ccc2C1CCCC. The van der Waals surface area contributed by atoms with Crippen LogP contribution >= 0.6 is 0 Å². The summed E-state index contributed by atoms with van der Waals surface area (Å²) in [7, 11) is 0. The molecule has 2 aromatic rings. The lowest BCUT2D eigenvalue weighted by atomic mass is 9.71. The Labute approximate surface area is 166 Å². The van der Waals surface area contributed by atoms with Crippen LogP contribution in [0.4, 0.5) is 13.2 Å². The minimum Gasteiger partial charge on any atom is -0.170 e. The summed E-state index contributed by atoms with van der Waals surface area (Å²) in [6.45, 7) is 8.79. The van der Waals surface area contributed by atoms with Gasteiger partial charge in [0.15, 0.2) is 0 Å². The van der Waals surface area contributed by atoms with Crippen molar-refractivity contribution in [2.45, 2.75) is 71.4 Å². The lowest BCUT2D eigenvalue weighted by Gasteiger charge is -2.34. The molecule has 150 valence electrons. The van der Waals surface area contributed by atoms with E-state index in [4.69, 9.17) is 0 Å². The van der Waals surface area contributed by atoms with Crippen LogP contribution in [0.15, 0.2) is 42.5 Å². The molecule has 0 radical (unpaired) electrons. The average molecular weight is 387 g/mol. The summed E-state index contributed by atoms with van der Waals surface area (Å²) in [4.78, 5) is 0. The molecule has 1 aliphatic carbocycles. The normalized spacial score (nSPS) is 18.1. The molecule has 0 N–H and O–H groups in total. The van der Waals surface area contributed by atoms with Gasteiger partial charge in [0.25, 0.3) is 0 Å². The number of alkyl halides is 3. The van der Waals surface area contributed by atoms with Crippen LogP contribution in [0.25, 0.3) is 16.7 Å². The second-order valence-corrected chi connectivity index (χ2v) is 8.41. The Morgan fingerprint density at radius 1 is 0.964 bits per heavy atom. The Balaban J connectivity index is 2.25. The predicted octanol–water partition coefficient (Wildman–Crippen LogP) is 8.19. The van der Waals surface area contributed by atoms with Crippen LogP contribution < -0.4 is 0 Å². The van der Waals surface area contributed by atoms with E-state index in [1.807, 2.05) is 13.0 Å². The highest BCUT2D eigenvalue weighted by Gasteiger charge is 2.48. The Bertz CT molecular complexity index is 900. The lowest BCUT2D eigenvalue weighted by molar-refractivity contribution is -0.180. The first kappa shape index (κ1) is 20.7. The van der Waals surface area contributed by atoms with E-state index in [1.54, 1.807) is 12.1 Å². The molecule has 3 heteroatoms. The molecule has 1 unspecified atom stereocenters. The van der Waals surface area contributed by atoms with Crippen LogP contribution in [-0.4, -0.2) is 6.18 Å². The molecule has 0 heterocycles. The number of halogens is 3. The standard InChI is InChI=1S/C25H29F3/c1-6-8-9-19-18(7-2)20-12-10-16(3)14-22(20)23-15-17(11-13-21(19)23)24(4,5)25(26,27)28/h7,10-15,19H,6,8-9H2,1-5H3/b18-7-. The van der Waals surface area contributed by atoms with E-state index in [-0.39, 0.29) is 5.92 Å². The van der Waals surface area contributed by atoms with Crippen molar-refractivity contribution in [2.24, 2.45) is 0 Å². The second kappa shape index (κ2) is 7.42. The maximum Gasteiger partial charge on any atom is 0.397 e. The monoisotopic (exact) mass is 386 g/mol. The molecule has 0 aromatic heterocycles. The van der Waals surface area contributed by atoms with Crippen LogP contribution in [0.1, 0.15) is 75.1 Å². The third kappa shape index (κ3) is 3.40. The number of fused-ring (bicyclic) bond motifs is 3. The molecule has 1 aliphatic rings. The van der Waals surface area contributed by atoms with Crippen LogP contribution in [0, 0.1) is 6.92 Å². The van der Waals surface area contributed by atoms with Gasteiger partial charge >= 0.3 is 6.18 Å². The minimum absolute atomic E-state index is 0.234. The van der Waals surface area contributed by atoms with Crippen molar-refractivity contribution < 1.29 is 13.2 Å². The van der Waals surface area contributed by atoms with E-state index >= 15 is 0 Å². The molecule has 0 spiro atoms. The first-order valence-electron chi connectivity index (χ1n) is 10.1. The van der Waals surface area contributed by atoms with Gasteiger partial charge in [-0.15, -0.1) is 0 Å². The van der Waals surface area contributed by atoms with Gasteiger partial charge in [-0.25, -0.2) is 0 Å². The van der Waals surface area contributed by atoms with Gasteiger partial charge in [0.1, 0.15) is 0 Å². The number of allylic oxidation sites excluding steroid dienone is 2. The molecular weight excluding hydrogens is 357 g/mol. The molecular formula is C25H29F3. The predicted molar refractivity (Wildman–Crippen MR) is 112 cm³/mol. The second-order valence-electron chi connectivity index (χ2n) is 8.41. The third-order valence-corrected chi connectivity index (χ3v) is 6.17. The zero-order valence-corrected chi connectivity index (χ0v) is 17.4. The van der Waals surface area contributed by atoms with Crippen LogP contribution in [0.3, 0.4) is 0 Å². The van der Waals surface area contributed by atoms with Crippen LogP contribution in [0.2, 0.25) is 0 Å². The Hall–Kier alpha value is -2.03. The summed E-state index contributed by atoms with van der Waals surface area (Å²) in [5.74, 6) is 0.234. The topological polar surface area (TPSA) is 0 Å². The highest BCUT2D eigenvalue weighted by molar-refractivity contribution is 5.91. The van der Waals surface area contributed by atoms with Crippen molar-refractivity contribution in [2.75, 3.05) is 0 Å². The van der Waals surface area contributed by atoms with E-state index in [0.29, 0.717) is 5.56 Å². The van der Waals surface area contributed by atoms with Crippen LogP contribution in [0.5, 0.6) is 0 Å². The Kier molecular flexibility index (Phi) is 5.49. The van der Waals surface area contributed by atoms with Gasteiger partial charge in [-0.3, -0.25) is 0 Å². The Morgan fingerprint density at radius 2 is 1.68 bits per heavy atom. The average Bonchev–Trinajstić information content (AvgIpc) is 2.64. The van der Waals surface area contributed by atoms with Gasteiger partial charge in [-0.2, -0.15) is 13.2 Å². The smallest absolute Gasteiger partial charge is 0.170 e. The fourth-order valence-electron chi connectivity index (χ4n) is 4.21. The van der Waals surface area contributed by atoms with E-state index in [9.17, 15) is 13.2 Å². The molecule has 3 rings (SSSR count). The number of hydrogen-bond donors (Lipinski definition) is 0. The molecule has 0 nitrogen and oxygen atoms in total. The first-order valence-corrected chi connectivity index (χ1v) is 10.1. The van der Waals surface area contributed by atoms with E-state index in [0.717, 1.165) is 47.1 Å². The van der Waals surface area contributed by atoms with E-state index < -0.39 is 11.6 Å². The largest absolute Gasteiger partial charge is 0.397 e. The van der Waals surface area contributed by atoms with Crippen molar-refractivity contribution in [3.8, 4) is 11.1 Å². The summed E-state index contributed by atoms with van der Waals surface area (Å²) >= 11 is 0. The molecule has 0 saturated heterocycles. The number of rotatable bonds is 4. The minimum atomic E-state index is -4.29. The maximum atomic E-state index is 13.7. The molecule has 0 amide bonds. The molecule has 0 aliphatic heterocycles. The number of benzene rings is 2. The van der Waals surface area contributed by atoms with Gasteiger partial charge in [-0.1, -0.05) is 61.7 Å². The molecule has 28 heavy (non-hydrogen) atoms. The maximum absolute atomic E-state index is 13.7. The van der Waals surface area contributed by atoms with Crippen molar-refractivity contribution in [3.63, 3.8) is 0 Å². The van der Waals surface area contributed by atoms with Gasteiger partial charge in [0.05, 0.1) is 5.41 Å². The summed E-state index contributed by atoms with van der Waals surface area (Å²) < 4.78 is 41.0. The highest BCUT2D eigenvalue weighted by Crippen LogP contribution is 2.50.